The van der Waals surface area contributed by atoms with Crippen LogP contribution in [0.1, 0.15) is 40.9 Å². The van der Waals surface area contributed by atoms with Gasteiger partial charge in [-0.3, -0.25) is 4.79 Å². The van der Waals surface area contributed by atoms with Crippen molar-refractivity contribution in [3.05, 3.63) is 53.3 Å². The number of nitrogens with zero attached hydrogens (tertiary/aromatic N) is 4. The molecule has 0 spiro atoms. The summed E-state index contributed by atoms with van der Waals surface area (Å²) in [6.07, 6.45) is 3.72. The fourth-order valence-corrected chi connectivity index (χ4v) is 4.52. The molecule has 1 saturated heterocycles. The van der Waals surface area contributed by atoms with Gasteiger partial charge < -0.3 is 15.4 Å². The molecular weight excluding hydrogens is 366 g/mol. The smallest absolute Gasteiger partial charge is 0.253 e. The van der Waals surface area contributed by atoms with E-state index in [0.717, 1.165) is 53.0 Å². The topological polar surface area (TPSA) is 86.3 Å². The van der Waals surface area contributed by atoms with Crippen molar-refractivity contribution in [2.75, 3.05) is 19.6 Å². The zero-order valence-electron chi connectivity index (χ0n) is 16.5. The molecule has 2 aliphatic heterocycles. The largest absolute Gasteiger partial charge is 0.490 e. The van der Waals surface area contributed by atoms with Crippen LogP contribution in [0, 0.1) is 0 Å². The number of carbonyl (C=O) groups is 1. The van der Waals surface area contributed by atoms with Crippen LogP contribution in [0.4, 0.5) is 0 Å². The molecule has 1 fully saturated rings. The van der Waals surface area contributed by atoms with Crippen molar-refractivity contribution in [3.63, 3.8) is 0 Å². The van der Waals surface area contributed by atoms with Crippen LogP contribution < -0.4 is 10.5 Å². The van der Waals surface area contributed by atoms with Crippen LogP contribution in [0.2, 0.25) is 0 Å². The van der Waals surface area contributed by atoms with Crippen molar-refractivity contribution in [2.45, 2.75) is 38.3 Å². The normalized spacial score (nSPS) is 20.8. The number of aromatic nitrogens is 3. The first-order valence-corrected chi connectivity index (χ1v) is 10.2. The Hall–Kier alpha value is -2.93. The minimum absolute atomic E-state index is 0.0821. The van der Waals surface area contributed by atoms with Gasteiger partial charge in [-0.15, -0.1) is 0 Å². The van der Waals surface area contributed by atoms with Crippen molar-refractivity contribution in [1.29, 1.82) is 0 Å². The van der Waals surface area contributed by atoms with E-state index in [-0.39, 0.29) is 17.9 Å². The van der Waals surface area contributed by atoms with Gasteiger partial charge in [-0.25, -0.2) is 9.67 Å². The lowest BCUT2D eigenvalue weighted by Gasteiger charge is -2.16. The minimum Gasteiger partial charge on any atom is -0.490 e. The molecule has 2 aromatic heterocycles. The van der Waals surface area contributed by atoms with E-state index < -0.39 is 0 Å². The fraction of sp³-hybridized carbons (Fsp3) is 0.409. The third kappa shape index (κ3) is 3.15. The Morgan fingerprint density at radius 2 is 2.24 bits per heavy atom. The third-order valence-corrected chi connectivity index (χ3v) is 5.88. The number of rotatable bonds is 4. The summed E-state index contributed by atoms with van der Waals surface area (Å²) in [6, 6.07) is 9.79. The van der Waals surface area contributed by atoms with Crippen molar-refractivity contribution in [3.8, 4) is 5.75 Å². The Kier molecular flexibility index (Phi) is 4.47. The molecule has 2 aliphatic rings. The lowest BCUT2D eigenvalue weighted by atomic mass is 10.0. The van der Waals surface area contributed by atoms with Crippen LogP contribution >= 0.6 is 0 Å². The number of amides is 1. The van der Waals surface area contributed by atoms with E-state index in [0.29, 0.717) is 19.6 Å². The predicted molar refractivity (Wildman–Crippen MR) is 110 cm³/mol. The molecule has 2 N–H and O–H groups in total. The lowest BCUT2D eigenvalue weighted by molar-refractivity contribution is 0.0790. The highest BCUT2D eigenvalue weighted by molar-refractivity contribution is 5.95. The van der Waals surface area contributed by atoms with E-state index in [2.05, 4.69) is 18.0 Å². The van der Waals surface area contributed by atoms with Gasteiger partial charge in [0.25, 0.3) is 5.91 Å². The Bertz CT molecular complexity index is 1080. The number of hydrogen-bond donors (Lipinski definition) is 1. The highest BCUT2D eigenvalue weighted by atomic mass is 16.5. The summed E-state index contributed by atoms with van der Waals surface area (Å²) in [5.41, 5.74) is 9.48. The zero-order chi connectivity index (χ0) is 20.0. The van der Waals surface area contributed by atoms with Gasteiger partial charge >= 0.3 is 0 Å². The first-order valence-electron chi connectivity index (χ1n) is 10.2. The molecule has 0 bridgehead atoms. The molecule has 5 rings (SSSR count). The van der Waals surface area contributed by atoms with Crippen LogP contribution in [0.15, 0.2) is 36.5 Å². The van der Waals surface area contributed by atoms with Crippen molar-refractivity contribution in [2.24, 2.45) is 5.73 Å². The van der Waals surface area contributed by atoms with Gasteiger partial charge in [-0.2, -0.15) is 5.10 Å². The molecule has 3 aromatic rings. The van der Waals surface area contributed by atoms with Crippen LogP contribution in [0.25, 0.3) is 11.0 Å². The van der Waals surface area contributed by atoms with Crippen molar-refractivity contribution >= 4 is 16.9 Å². The van der Waals surface area contributed by atoms with E-state index in [1.165, 1.54) is 0 Å². The average Bonchev–Trinajstić information content (AvgIpc) is 3.43. The molecule has 7 nitrogen and oxygen atoms in total. The molecule has 7 heteroatoms. The summed E-state index contributed by atoms with van der Waals surface area (Å²) in [7, 11) is 0. The van der Waals surface area contributed by atoms with E-state index >= 15 is 0 Å². The molecular formula is C22H25N5O2. The molecule has 1 amide bonds. The lowest BCUT2D eigenvalue weighted by Crippen LogP contribution is -2.28. The van der Waals surface area contributed by atoms with Gasteiger partial charge in [-0.05, 0) is 49.2 Å². The summed E-state index contributed by atoms with van der Waals surface area (Å²) >= 11 is 0. The van der Waals surface area contributed by atoms with Crippen LogP contribution in [0.5, 0.6) is 5.75 Å². The number of ether oxygens (including phenoxy) is 1. The number of nitrogens with two attached hydrogens (primary N) is 1. The maximum Gasteiger partial charge on any atom is 0.253 e. The van der Waals surface area contributed by atoms with Crippen LogP contribution in [-0.4, -0.2) is 51.3 Å². The SMILES string of the molecule is C[C@H]1Cc2cc(C(=O)N3CC[C@@H](c4nn(CCN)c5ncccc45)C3)ccc2O1. The molecule has 2 atom stereocenters. The average molecular weight is 391 g/mol. The third-order valence-electron chi connectivity index (χ3n) is 5.88. The number of carbonyl (C=O) groups excluding carboxylic acids is 1. The van der Waals surface area contributed by atoms with Crippen LogP contribution in [-0.2, 0) is 13.0 Å². The highest BCUT2D eigenvalue weighted by Gasteiger charge is 2.32. The Morgan fingerprint density at radius 3 is 3.10 bits per heavy atom. The first-order chi connectivity index (χ1) is 14.1. The molecule has 0 unspecified atom stereocenters. The number of likely N-dealkylation sites (tertiary alicyclic amines) is 1. The van der Waals surface area contributed by atoms with Gasteiger partial charge in [0, 0.05) is 49.1 Å². The van der Waals surface area contributed by atoms with E-state index in [4.69, 9.17) is 15.6 Å². The van der Waals surface area contributed by atoms with Gasteiger partial charge in [0.2, 0.25) is 0 Å². The summed E-state index contributed by atoms with van der Waals surface area (Å²) in [6.45, 7) is 4.61. The summed E-state index contributed by atoms with van der Waals surface area (Å²) in [5.74, 6) is 1.19. The second kappa shape index (κ2) is 7.15. The molecule has 0 radical (unpaired) electrons. The Balaban J connectivity index is 1.37. The summed E-state index contributed by atoms with van der Waals surface area (Å²) in [4.78, 5) is 19.5. The standard InChI is InChI=1S/C22H25N5O2/c1-14-11-17-12-15(4-5-19(17)29-14)22(28)26-9-6-16(13-26)20-18-3-2-8-24-21(18)27(25-20)10-7-23/h2-5,8,12,14,16H,6-7,9-11,13,23H2,1H3/t14-,16+/m0/s1. The molecule has 29 heavy (non-hydrogen) atoms. The zero-order valence-corrected chi connectivity index (χ0v) is 16.5. The van der Waals surface area contributed by atoms with Gasteiger partial charge in [0.05, 0.1) is 12.2 Å². The van der Waals surface area contributed by atoms with E-state index in [1.807, 2.05) is 33.8 Å². The van der Waals surface area contributed by atoms with Gasteiger partial charge in [-0.1, -0.05) is 0 Å². The second-order valence-electron chi connectivity index (χ2n) is 7.96. The monoisotopic (exact) mass is 391 g/mol. The van der Waals surface area contributed by atoms with E-state index in [9.17, 15) is 4.79 Å². The van der Waals surface area contributed by atoms with E-state index in [1.54, 1.807) is 6.20 Å². The Labute approximate surface area is 169 Å². The quantitative estimate of drug-likeness (QED) is 0.738. The first kappa shape index (κ1) is 18.1. The number of hydrogen-bond acceptors (Lipinski definition) is 5. The van der Waals surface area contributed by atoms with Crippen molar-refractivity contribution < 1.29 is 9.53 Å². The number of benzene rings is 1. The highest BCUT2D eigenvalue weighted by Crippen LogP contribution is 2.33. The summed E-state index contributed by atoms with van der Waals surface area (Å²) < 4.78 is 7.64. The van der Waals surface area contributed by atoms with Gasteiger partial charge in [0.1, 0.15) is 11.9 Å². The molecule has 150 valence electrons. The molecule has 0 aliphatic carbocycles. The maximum absolute atomic E-state index is 13.1. The van der Waals surface area contributed by atoms with Gasteiger partial charge in [0.15, 0.2) is 5.65 Å². The summed E-state index contributed by atoms with van der Waals surface area (Å²) in [5, 5.41) is 5.86. The second-order valence-corrected chi connectivity index (χ2v) is 7.96. The number of pyridine rings is 1. The number of fused-ring (bicyclic) bond motifs is 2. The fourth-order valence-electron chi connectivity index (χ4n) is 4.52. The Morgan fingerprint density at radius 1 is 1.34 bits per heavy atom. The minimum atomic E-state index is 0.0821. The molecule has 4 heterocycles. The predicted octanol–water partition coefficient (Wildman–Crippen LogP) is 2.34. The molecule has 1 aromatic carbocycles. The maximum atomic E-state index is 13.1. The van der Waals surface area contributed by atoms with Crippen molar-refractivity contribution in [1.82, 2.24) is 19.7 Å². The molecule has 0 saturated carbocycles. The van der Waals surface area contributed by atoms with Crippen LogP contribution in [0.3, 0.4) is 0 Å².